The van der Waals surface area contributed by atoms with Crippen molar-refractivity contribution in [2.75, 3.05) is 6.26 Å². The Morgan fingerprint density at radius 3 is 1.96 bits per heavy atom. The summed E-state index contributed by atoms with van der Waals surface area (Å²) in [4.78, 5) is 23.8. The molecule has 2 N–H and O–H groups in total. The van der Waals surface area contributed by atoms with E-state index in [1.54, 1.807) is 18.4 Å². The van der Waals surface area contributed by atoms with Crippen molar-refractivity contribution in [3.8, 4) is 0 Å². The van der Waals surface area contributed by atoms with Crippen LogP contribution < -0.4 is 10.6 Å². The molecule has 1 aliphatic heterocycles. The van der Waals surface area contributed by atoms with Crippen molar-refractivity contribution in [3.63, 3.8) is 0 Å². The molecular weight excluding hydrogens is 386 g/mol. The molecule has 9 nitrogen and oxygen atoms in total. The fourth-order valence-corrected chi connectivity index (χ4v) is 4.48. The normalized spacial score (nSPS) is 13.5. The van der Waals surface area contributed by atoms with E-state index in [0.717, 1.165) is 18.4 Å². The Morgan fingerprint density at radius 1 is 1.00 bits per heavy atom. The summed E-state index contributed by atoms with van der Waals surface area (Å²) in [5.41, 5.74) is 1.77. The topological polar surface area (TPSA) is 116 Å². The van der Waals surface area contributed by atoms with Gasteiger partial charge in [-0.3, -0.25) is 0 Å². The molecule has 2 rings (SSSR count). The Morgan fingerprint density at radius 2 is 1.50 bits per heavy atom. The average Bonchev–Trinajstić information content (AvgIpc) is 3.08. The van der Waals surface area contributed by atoms with Crippen molar-refractivity contribution < 1.29 is 27.5 Å². The lowest BCUT2D eigenvalue weighted by Gasteiger charge is -2.13. The molecule has 0 unspecified atom stereocenters. The number of hydrogen-bond acceptors (Lipinski definition) is 6. The van der Waals surface area contributed by atoms with Crippen LogP contribution in [0.5, 0.6) is 0 Å². The standard InChI is InChI=1S/C18H29N3O6S/c1-11(2)19-17(22)26-9-13-14(10-27-18(23)20-12(3)4)16(28(5,24)25)21-8-6-7-15(13)21/h11-12H,6-10H2,1-5H3,(H,19,22)(H,20,23). The number of fused-ring (bicyclic) bond motifs is 1. The Bertz CT molecular complexity index is 842. The minimum absolute atomic E-state index is 0.0821. The first kappa shape index (κ1) is 22.1. The van der Waals surface area contributed by atoms with Gasteiger partial charge in [-0.05, 0) is 40.5 Å². The van der Waals surface area contributed by atoms with E-state index in [-0.39, 0.29) is 30.3 Å². The van der Waals surface area contributed by atoms with Crippen LogP contribution in [0.3, 0.4) is 0 Å². The molecule has 1 aromatic rings. The Balaban J connectivity index is 2.34. The second-order valence-corrected chi connectivity index (χ2v) is 9.42. The molecule has 1 aromatic heterocycles. The molecule has 0 radical (unpaired) electrons. The number of ether oxygens (including phenoxy) is 2. The lowest BCUT2D eigenvalue weighted by molar-refractivity contribution is 0.128. The molecule has 28 heavy (non-hydrogen) atoms. The number of alkyl carbamates (subject to hydrolysis) is 2. The molecule has 0 atom stereocenters. The zero-order chi connectivity index (χ0) is 21.1. The van der Waals surface area contributed by atoms with Crippen molar-refractivity contribution in [3.05, 3.63) is 16.8 Å². The molecular formula is C18H29N3O6S. The molecule has 158 valence electrons. The van der Waals surface area contributed by atoms with Crippen LogP contribution in [0.2, 0.25) is 0 Å². The smallest absolute Gasteiger partial charge is 0.407 e. The minimum Gasteiger partial charge on any atom is -0.445 e. The van der Waals surface area contributed by atoms with Gasteiger partial charge in [-0.25, -0.2) is 18.0 Å². The molecule has 0 bridgehead atoms. The molecule has 0 aromatic carbocycles. The van der Waals surface area contributed by atoms with Crippen LogP contribution in [-0.2, 0) is 45.5 Å². The van der Waals surface area contributed by atoms with Gasteiger partial charge in [0.15, 0.2) is 9.84 Å². The van der Waals surface area contributed by atoms with Crippen LogP contribution in [-0.4, -0.2) is 43.5 Å². The number of rotatable bonds is 7. The molecule has 0 aliphatic carbocycles. The van der Waals surface area contributed by atoms with Crippen LogP contribution in [0.15, 0.2) is 5.03 Å². The number of carbonyl (C=O) groups is 2. The number of aromatic nitrogens is 1. The summed E-state index contributed by atoms with van der Waals surface area (Å²) in [6.45, 7) is 7.46. The Hall–Kier alpha value is -2.23. The van der Waals surface area contributed by atoms with Gasteiger partial charge >= 0.3 is 12.2 Å². The molecule has 2 heterocycles. The third-order valence-corrected chi connectivity index (χ3v) is 5.37. The van der Waals surface area contributed by atoms with Gasteiger partial charge in [0.2, 0.25) is 0 Å². The summed E-state index contributed by atoms with van der Waals surface area (Å²) in [5, 5.41) is 5.35. The van der Waals surface area contributed by atoms with Gasteiger partial charge in [0.1, 0.15) is 18.2 Å². The highest BCUT2D eigenvalue weighted by Crippen LogP contribution is 2.33. The fraction of sp³-hybridized carbons (Fsp3) is 0.667. The van der Waals surface area contributed by atoms with Crippen molar-refractivity contribution in [1.29, 1.82) is 0 Å². The van der Waals surface area contributed by atoms with E-state index in [1.807, 2.05) is 13.8 Å². The fourth-order valence-electron chi connectivity index (χ4n) is 3.25. The highest BCUT2D eigenvalue weighted by atomic mass is 32.2. The zero-order valence-electron chi connectivity index (χ0n) is 17.0. The summed E-state index contributed by atoms with van der Waals surface area (Å²) >= 11 is 0. The van der Waals surface area contributed by atoms with E-state index in [4.69, 9.17) is 9.47 Å². The van der Waals surface area contributed by atoms with E-state index in [0.29, 0.717) is 24.1 Å². The Kier molecular flexibility index (Phi) is 6.97. The monoisotopic (exact) mass is 415 g/mol. The van der Waals surface area contributed by atoms with Crippen molar-refractivity contribution in [2.24, 2.45) is 0 Å². The lowest BCUT2D eigenvalue weighted by Crippen LogP contribution is -2.31. The van der Waals surface area contributed by atoms with E-state index in [9.17, 15) is 18.0 Å². The van der Waals surface area contributed by atoms with Gasteiger partial charge < -0.3 is 24.7 Å². The quantitative estimate of drug-likeness (QED) is 0.705. The third kappa shape index (κ3) is 5.40. The van der Waals surface area contributed by atoms with Gasteiger partial charge in [-0.1, -0.05) is 0 Å². The first-order valence-corrected chi connectivity index (χ1v) is 11.2. The number of nitrogens with zero attached hydrogens (tertiary/aromatic N) is 1. The van der Waals surface area contributed by atoms with E-state index < -0.39 is 22.0 Å². The molecule has 1 aliphatic rings. The number of nitrogens with one attached hydrogen (secondary N) is 2. The summed E-state index contributed by atoms with van der Waals surface area (Å²) < 4.78 is 37.1. The molecule has 0 saturated carbocycles. The van der Waals surface area contributed by atoms with Crippen molar-refractivity contribution in [1.82, 2.24) is 15.2 Å². The van der Waals surface area contributed by atoms with Gasteiger partial charge in [-0.15, -0.1) is 0 Å². The lowest BCUT2D eigenvalue weighted by atomic mass is 10.1. The largest absolute Gasteiger partial charge is 0.445 e. The van der Waals surface area contributed by atoms with E-state index in [1.165, 1.54) is 0 Å². The van der Waals surface area contributed by atoms with Crippen LogP contribution in [0.25, 0.3) is 0 Å². The number of amides is 2. The minimum atomic E-state index is -3.57. The molecule has 0 spiro atoms. The van der Waals surface area contributed by atoms with Crippen molar-refractivity contribution in [2.45, 2.75) is 77.4 Å². The average molecular weight is 416 g/mol. The molecule has 0 fully saturated rings. The zero-order valence-corrected chi connectivity index (χ0v) is 17.8. The maximum absolute atomic E-state index is 12.4. The maximum Gasteiger partial charge on any atom is 0.407 e. The summed E-state index contributed by atoms with van der Waals surface area (Å²) in [6.07, 6.45) is 1.38. The maximum atomic E-state index is 12.4. The molecule has 10 heteroatoms. The van der Waals surface area contributed by atoms with Crippen LogP contribution >= 0.6 is 0 Å². The van der Waals surface area contributed by atoms with Crippen molar-refractivity contribution >= 4 is 22.0 Å². The number of carbonyl (C=O) groups excluding carboxylic acids is 2. The first-order chi connectivity index (χ1) is 13.0. The summed E-state index contributed by atoms with van der Waals surface area (Å²) in [6, 6.07) is -0.190. The molecule has 0 saturated heterocycles. The number of hydrogen-bond donors (Lipinski definition) is 2. The highest BCUT2D eigenvalue weighted by Gasteiger charge is 2.31. The second kappa shape index (κ2) is 8.85. The predicted octanol–water partition coefficient (Wildman–Crippen LogP) is 2.11. The SMILES string of the molecule is CC(C)NC(=O)OCc1c(COC(=O)NC(C)C)c(S(C)(=O)=O)n2c1CCC2. The Labute approximate surface area is 165 Å². The summed E-state index contributed by atoms with van der Waals surface area (Å²) in [5.74, 6) is 0. The van der Waals surface area contributed by atoms with Gasteiger partial charge in [0, 0.05) is 41.7 Å². The van der Waals surface area contributed by atoms with Gasteiger partial charge in [-0.2, -0.15) is 0 Å². The third-order valence-electron chi connectivity index (χ3n) is 4.20. The summed E-state index contributed by atoms with van der Waals surface area (Å²) in [7, 11) is -3.57. The highest BCUT2D eigenvalue weighted by molar-refractivity contribution is 7.90. The first-order valence-electron chi connectivity index (χ1n) is 9.30. The second-order valence-electron chi connectivity index (χ2n) is 7.49. The van der Waals surface area contributed by atoms with E-state index in [2.05, 4.69) is 10.6 Å². The van der Waals surface area contributed by atoms with Gasteiger partial charge in [0.25, 0.3) is 0 Å². The molecule has 2 amide bonds. The van der Waals surface area contributed by atoms with Crippen LogP contribution in [0.1, 0.15) is 50.9 Å². The number of sulfone groups is 1. The van der Waals surface area contributed by atoms with Crippen LogP contribution in [0, 0.1) is 0 Å². The van der Waals surface area contributed by atoms with E-state index >= 15 is 0 Å². The van der Waals surface area contributed by atoms with Crippen LogP contribution in [0.4, 0.5) is 9.59 Å². The van der Waals surface area contributed by atoms with Gasteiger partial charge in [0.05, 0.1) is 0 Å². The predicted molar refractivity (Wildman–Crippen MR) is 103 cm³/mol.